The third kappa shape index (κ3) is 3.75. The number of aromatic nitrogens is 3. The largest absolute Gasteiger partial charge is 0.376 e. The summed E-state index contributed by atoms with van der Waals surface area (Å²) in [5, 5.41) is 11.9. The van der Waals surface area contributed by atoms with E-state index < -0.39 is 0 Å². The summed E-state index contributed by atoms with van der Waals surface area (Å²) in [5.74, 6) is -0.388. The van der Waals surface area contributed by atoms with Crippen molar-refractivity contribution in [2.24, 2.45) is 0 Å². The van der Waals surface area contributed by atoms with Gasteiger partial charge >= 0.3 is 0 Å². The minimum Gasteiger partial charge on any atom is -0.376 e. The van der Waals surface area contributed by atoms with Crippen LogP contribution < -0.4 is 16.4 Å². The number of hydrogen-bond donors (Lipinski definition) is 2. The molecule has 0 bridgehead atoms. The smallest absolute Gasteiger partial charge is 0.267 e. The maximum atomic E-state index is 13.2. The van der Waals surface area contributed by atoms with Gasteiger partial charge in [-0.2, -0.15) is 0 Å². The van der Waals surface area contributed by atoms with Gasteiger partial charge in [-0.3, -0.25) is 19.4 Å². The number of carbonyl (C=O) groups excluding carboxylic acids is 1. The number of rotatable bonds is 5. The second kappa shape index (κ2) is 8.24. The molecular formula is C22H25N5O4. The van der Waals surface area contributed by atoms with Gasteiger partial charge in [0.15, 0.2) is 0 Å². The van der Waals surface area contributed by atoms with E-state index in [2.05, 4.69) is 10.3 Å². The quantitative estimate of drug-likeness (QED) is 0.600. The van der Waals surface area contributed by atoms with E-state index in [1.807, 2.05) is 6.07 Å². The van der Waals surface area contributed by atoms with Gasteiger partial charge in [0.05, 0.1) is 29.7 Å². The van der Waals surface area contributed by atoms with Crippen molar-refractivity contribution in [2.45, 2.75) is 44.4 Å². The molecule has 31 heavy (non-hydrogen) atoms. The zero-order valence-electron chi connectivity index (χ0n) is 17.2. The third-order valence-electron chi connectivity index (χ3n) is 5.99. The highest BCUT2D eigenvalue weighted by atomic mass is 16.5. The summed E-state index contributed by atoms with van der Waals surface area (Å²) in [4.78, 5) is 30.8. The van der Waals surface area contributed by atoms with Gasteiger partial charge < -0.3 is 19.4 Å². The van der Waals surface area contributed by atoms with Crippen molar-refractivity contribution < 1.29 is 14.3 Å². The number of fused-ring (bicyclic) bond motifs is 2. The Morgan fingerprint density at radius 3 is 2.71 bits per heavy atom. The topological polar surface area (TPSA) is 111 Å². The third-order valence-corrected chi connectivity index (χ3v) is 5.99. The molecule has 0 aromatic carbocycles. The van der Waals surface area contributed by atoms with Gasteiger partial charge in [-0.25, -0.2) is 4.98 Å². The predicted octanol–water partition coefficient (Wildman–Crippen LogP) is 1.22. The van der Waals surface area contributed by atoms with Gasteiger partial charge in [-0.1, -0.05) is 6.07 Å². The van der Waals surface area contributed by atoms with Crippen LogP contribution in [0, 0.1) is 5.41 Å². The van der Waals surface area contributed by atoms with Crippen LogP contribution in [0.15, 0.2) is 35.3 Å². The zero-order chi connectivity index (χ0) is 21.4. The van der Waals surface area contributed by atoms with Crippen LogP contribution in [-0.4, -0.2) is 51.8 Å². The first-order valence-electron chi connectivity index (χ1n) is 10.7. The summed E-state index contributed by atoms with van der Waals surface area (Å²) in [7, 11) is 0. The van der Waals surface area contributed by atoms with E-state index in [1.165, 1.54) is 10.5 Å². The van der Waals surface area contributed by atoms with Gasteiger partial charge in [-0.05, 0) is 43.9 Å². The lowest BCUT2D eigenvalue weighted by Gasteiger charge is -2.18. The number of pyridine rings is 2. The molecule has 0 spiro atoms. The first-order chi connectivity index (χ1) is 15.1. The fourth-order valence-corrected chi connectivity index (χ4v) is 4.34. The number of nitrogens with one attached hydrogen (secondary N) is 2. The Balaban J connectivity index is 1.62. The van der Waals surface area contributed by atoms with Gasteiger partial charge in [-0.15, -0.1) is 0 Å². The molecule has 2 fully saturated rings. The Labute approximate surface area is 178 Å². The Hall–Kier alpha value is -3.04. The van der Waals surface area contributed by atoms with Gasteiger partial charge in [0.2, 0.25) is 0 Å². The first kappa shape index (κ1) is 19.9. The normalized spacial score (nSPS) is 21.2. The van der Waals surface area contributed by atoms with Crippen molar-refractivity contribution in [1.82, 2.24) is 19.3 Å². The highest BCUT2D eigenvalue weighted by Gasteiger charge is 2.23. The van der Waals surface area contributed by atoms with Crippen molar-refractivity contribution in [3.8, 4) is 0 Å². The lowest BCUT2D eigenvalue weighted by Crippen LogP contribution is -2.38. The molecular weight excluding hydrogens is 398 g/mol. The first-order valence-corrected chi connectivity index (χ1v) is 10.7. The van der Waals surface area contributed by atoms with Crippen LogP contribution >= 0.6 is 0 Å². The molecule has 0 aliphatic carbocycles. The second-order valence-corrected chi connectivity index (χ2v) is 8.08. The number of nitrogens with zero attached hydrogens (tertiary/aromatic N) is 3. The maximum Gasteiger partial charge on any atom is 0.267 e. The molecule has 0 unspecified atom stereocenters. The van der Waals surface area contributed by atoms with Crippen LogP contribution in [0.2, 0.25) is 0 Å². The van der Waals surface area contributed by atoms with E-state index in [4.69, 9.17) is 14.9 Å². The summed E-state index contributed by atoms with van der Waals surface area (Å²) in [6.07, 6.45) is 5.29. The highest BCUT2D eigenvalue weighted by molar-refractivity contribution is 5.96. The predicted molar refractivity (Wildman–Crippen MR) is 113 cm³/mol. The van der Waals surface area contributed by atoms with Crippen LogP contribution in [0.25, 0.3) is 16.7 Å². The molecule has 2 N–H and O–H groups in total. The van der Waals surface area contributed by atoms with E-state index >= 15 is 0 Å². The number of ether oxygens (including phenoxy) is 2. The van der Waals surface area contributed by atoms with Gasteiger partial charge in [0, 0.05) is 26.0 Å². The van der Waals surface area contributed by atoms with Crippen LogP contribution in [0.4, 0.5) is 0 Å². The Morgan fingerprint density at radius 1 is 1.19 bits per heavy atom. The number of hydrogen-bond acceptors (Lipinski definition) is 6. The summed E-state index contributed by atoms with van der Waals surface area (Å²) in [5.41, 5.74) is 0.802. The Morgan fingerprint density at radius 2 is 1.97 bits per heavy atom. The molecule has 0 saturated carbocycles. The van der Waals surface area contributed by atoms with Crippen LogP contribution in [0.5, 0.6) is 0 Å². The number of carbonyl (C=O) groups is 1. The Kier molecular flexibility index (Phi) is 5.29. The summed E-state index contributed by atoms with van der Waals surface area (Å²) < 4.78 is 14.4. The Bertz CT molecular complexity index is 1250. The van der Waals surface area contributed by atoms with E-state index in [0.717, 1.165) is 25.7 Å². The molecule has 9 heteroatoms. The summed E-state index contributed by atoms with van der Waals surface area (Å²) in [6, 6.07) is 6.81. The standard InChI is InChI=1S/C22H25N5O4/c23-19-16(21(28)24-12-14-5-3-9-30-14)11-17-20(27(19)13-15-6-4-10-31-15)25-18-7-1-2-8-26(18)22(17)29/h1-2,7-8,11,14-15,23H,3-6,9-10,12-13H2,(H,24,28)/t14-,15+/m1/s1. The molecule has 5 heterocycles. The molecule has 5 rings (SSSR count). The fraction of sp³-hybridized carbons (Fsp3) is 0.455. The average Bonchev–Trinajstić information content (AvgIpc) is 3.48. The van der Waals surface area contributed by atoms with Crippen molar-refractivity contribution >= 4 is 22.6 Å². The molecule has 2 atom stereocenters. The van der Waals surface area contributed by atoms with E-state index in [9.17, 15) is 9.59 Å². The van der Waals surface area contributed by atoms with Crippen molar-refractivity contribution in [1.29, 1.82) is 5.41 Å². The molecule has 3 aromatic heterocycles. The fourth-order valence-electron chi connectivity index (χ4n) is 4.34. The molecule has 2 saturated heterocycles. The molecule has 9 nitrogen and oxygen atoms in total. The van der Waals surface area contributed by atoms with Crippen molar-refractivity contribution in [2.75, 3.05) is 19.8 Å². The SMILES string of the molecule is N=c1c(C(=O)NC[C@H]2CCCO2)cc2c(=O)n3ccccc3nc2n1C[C@@H]1CCCO1. The van der Waals surface area contributed by atoms with E-state index in [-0.39, 0.29) is 34.7 Å². The summed E-state index contributed by atoms with van der Waals surface area (Å²) >= 11 is 0. The van der Waals surface area contributed by atoms with Crippen LogP contribution in [0.1, 0.15) is 36.0 Å². The van der Waals surface area contributed by atoms with Crippen molar-refractivity contribution in [3.05, 3.63) is 51.9 Å². The maximum absolute atomic E-state index is 13.2. The minimum absolute atomic E-state index is 0.00571. The van der Waals surface area contributed by atoms with Gasteiger partial charge in [0.25, 0.3) is 11.5 Å². The molecule has 3 aromatic rings. The van der Waals surface area contributed by atoms with Gasteiger partial charge in [0.1, 0.15) is 16.8 Å². The molecule has 1 amide bonds. The number of amides is 1. The average molecular weight is 423 g/mol. The van der Waals surface area contributed by atoms with Crippen LogP contribution in [-0.2, 0) is 16.0 Å². The highest BCUT2D eigenvalue weighted by Crippen LogP contribution is 2.17. The van der Waals surface area contributed by atoms with E-state index in [0.29, 0.717) is 43.0 Å². The van der Waals surface area contributed by atoms with Crippen molar-refractivity contribution in [3.63, 3.8) is 0 Å². The lowest BCUT2D eigenvalue weighted by molar-refractivity contribution is 0.0851. The monoisotopic (exact) mass is 423 g/mol. The molecule has 2 aliphatic rings. The molecule has 162 valence electrons. The lowest BCUT2D eigenvalue weighted by atomic mass is 10.1. The van der Waals surface area contributed by atoms with E-state index in [1.54, 1.807) is 22.9 Å². The minimum atomic E-state index is -0.388. The summed E-state index contributed by atoms with van der Waals surface area (Å²) in [6.45, 7) is 2.14. The molecule has 2 aliphatic heterocycles. The molecule has 0 radical (unpaired) electrons. The second-order valence-electron chi connectivity index (χ2n) is 8.08. The van der Waals surface area contributed by atoms with Crippen LogP contribution in [0.3, 0.4) is 0 Å². The zero-order valence-corrected chi connectivity index (χ0v) is 17.2.